The Hall–Kier alpha value is -0.700. The van der Waals surface area contributed by atoms with Crippen molar-refractivity contribution in [3.63, 3.8) is 0 Å². The first-order chi connectivity index (χ1) is 8.78. The predicted molar refractivity (Wildman–Crippen MR) is 86.9 cm³/mol. The number of para-hydroxylation sites is 1. The van der Waals surface area contributed by atoms with E-state index in [4.69, 9.17) is 4.42 Å². The minimum atomic E-state index is 0. The highest BCUT2D eigenvalue weighted by atomic mass is 35.5. The smallest absolute Gasteiger partial charge is 0.134 e. The summed E-state index contributed by atoms with van der Waals surface area (Å²) in [5, 5.41) is 5.18. The van der Waals surface area contributed by atoms with Crippen LogP contribution in [0.15, 0.2) is 34.9 Å². The molecule has 2 saturated heterocycles. The van der Waals surface area contributed by atoms with Gasteiger partial charge in [0.2, 0.25) is 0 Å². The van der Waals surface area contributed by atoms with Gasteiger partial charge < -0.3 is 9.73 Å². The van der Waals surface area contributed by atoms with Gasteiger partial charge in [-0.1, -0.05) is 25.1 Å². The highest BCUT2D eigenvalue weighted by molar-refractivity contribution is 5.85. The molecule has 2 fully saturated rings. The molecular formula is C16H21Cl2NO. The van der Waals surface area contributed by atoms with Crippen LogP contribution in [0.3, 0.4) is 0 Å². The van der Waals surface area contributed by atoms with E-state index >= 15 is 0 Å². The Morgan fingerprint density at radius 1 is 1.25 bits per heavy atom. The van der Waals surface area contributed by atoms with E-state index in [1.165, 1.54) is 36.6 Å². The molecule has 110 valence electrons. The van der Waals surface area contributed by atoms with Crippen LogP contribution in [0.4, 0.5) is 0 Å². The van der Waals surface area contributed by atoms with Crippen molar-refractivity contribution >= 4 is 35.8 Å². The molecule has 1 aromatic carbocycles. The van der Waals surface area contributed by atoms with Crippen molar-refractivity contribution in [1.29, 1.82) is 0 Å². The maximum absolute atomic E-state index is 5.74. The second-order valence-corrected chi connectivity index (χ2v) is 6.05. The third-order valence-electron chi connectivity index (χ3n) is 4.93. The molecule has 0 aliphatic carbocycles. The normalized spacial score (nSPS) is 31.6. The third-order valence-corrected chi connectivity index (χ3v) is 4.93. The second kappa shape index (κ2) is 5.59. The Morgan fingerprint density at radius 3 is 2.90 bits per heavy atom. The fourth-order valence-corrected chi connectivity index (χ4v) is 4.07. The minimum Gasteiger partial charge on any atom is -0.464 e. The summed E-state index contributed by atoms with van der Waals surface area (Å²) in [6, 6.07) is 9.11. The Labute approximate surface area is 132 Å². The zero-order valence-electron chi connectivity index (χ0n) is 11.6. The van der Waals surface area contributed by atoms with Crippen LogP contribution < -0.4 is 5.32 Å². The van der Waals surface area contributed by atoms with Gasteiger partial charge in [-0.15, -0.1) is 24.8 Å². The van der Waals surface area contributed by atoms with Crippen LogP contribution in [-0.2, 0) is 5.54 Å². The number of nitrogens with one attached hydrogen (secondary N) is 1. The number of fused-ring (bicyclic) bond motifs is 3. The van der Waals surface area contributed by atoms with E-state index in [0.717, 1.165) is 11.5 Å². The van der Waals surface area contributed by atoms with Crippen LogP contribution in [0.5, 0.6) is 0 Å². The number of piperidine rings is 1. The molecule has 0 saturated carbocycles. The number of furan rings is 1. The molecule has 0 radical (unpaired) electrons. The molecule has 3 unspecified atom stereocenters. The highest BCUT2D eigenvalue weighted by Gasteiger charge is 2.47. The molecule has 4 rings (SSSR count). The molecule has 2 aliphatic heterocycles. The summed E-state index contributed by atoms with van der Waals surface area (Å²) in [4.78, 5) is 0. The van der Waals surface area contributed by atoms with Crippen LogP contribution in [0.2, 0.25) is 0 Å². The lowest BCUT2D eigenvalue weighted by atomic mass is 9.82. The molecule has 3 heterocycles. The second-order valence-electron chi connectivity index (χ2n) is 6.05. The fraction of sp³-hybridized carbons (Fsp3) is 0.500. The van der Waals surface area contributed by atoms with Crippen LogP contribution in [0, 0.1) is 5.92 Å². The van der Waals surface area contributed by atoms with Crippen molar-refractivity contribution in [2.75, 3.05) is 0 Å². The zero-order valence-corrected chi connectivity index (χ0v) is 13.2. The Balaban J connectivity index is 0.000000735. The van der Waals surface area contributed by atoms with Crippen molar-refractivity contribution in [3.05, 3.63) is 36.1 Å². The topological polar surface area (TPSA) is 25.2 Å². The molecule has 0 amide bonds. The maximum atomic E-state index is 5.74. The minimum absolute atomic E-state index is 0. The number of hydrogen-bond donors (Lipinski definition) is 1. The number of halogens is 2. The monoisotopic (exact) mass is 313 g/mol. The van der Waals surface area contributed by atoms with E-state index in [1.807, 2.05) is 12.3 Å². The summed E-state index contributed by atoms with van der Waals surface area (Å²) in [7, 11) is 0. The van der Waals surface area contributed by atoms with Gasteiger partial charge in [-0.3, -0.25) is 0 Å². The van der Waals surface area contributed by atoms with E-state index in [-0.39, 0.29) is 30.4 Å². The number of hydrogen-bond acceptors (Lipinski definition) is 2. The molecule has 2 nitrogen and oxygen atoms in total. The molecule has 2 bridgehead atoms. The molecule has 3 atom stereocenters. The molecule has 4 heteroatoms. The van der Waals surface area contributed by atoms with Gasteiger partial charge >= 0.3 is 0 Å². The van der Waals surface area contributed by atoms with Crippen LogP contribution in [0.25, 0.3) is 11.0 Å². The number of rotatable bonds is 1. The van der Waals surface area contributed by atoms with E-state index in [0.29, 0.717) is 6.04 Å². The highest BCUT2D eigenvalue weighted by Crippen LogP contribution is 2.47. The Kier molecular flexibility index (Phi) is 4.38. The quantitative estimate of drug-likeness (QED) is 0.828. The van der Waals surface area contributed by atoms with Gasteiger partial charge in [0.1, 0.15) is 5.58 Å². The van der Waals surface area contributed by atoms with Crippen molar-refractivity contribution in [3.8, 4) is 0 Å². The van der Waals surface area contributed by atoms with Crippen LogP contribution in [0.1, 0.15) is 38.2 Å². The van der Waals surface area contributed by atoms with E-state index in [9.17, 15) is 0 Å². The van der Waals surface area contributed by atoms with Crippen molar-refractivity contribution < 1.29 is 4.42 Å². The third kappa shape index (κ3) is 2.14. The average molecular weight is 314 g/mol. The number of benzene rings is 1. The fourth-order valence-electron chi connectivity index (χ4n) is 4.07. The van der Waals surface area contributed by atoms with Crippen LogP contribution in [-0.4, -0.2) is 6.04 Å². The van der Waals surface area contributed by atoms with E-state index < -0.39 is 0 Å². The van der Waals surface area contributed by atoms with Gasteiger partial charge in [0, 0.05) is 22.5 Å². The lowest BCUT2D eigenvalue weighted by Gasteiger charge is -2.34. The molecule has 2 aliphatic rings. The SMILES string of the molecule is CC1CC2(c3coc4ccccc34)CCCC1N2.Cl.Cl. The Bertz CT molecular complexity index is 593. The van der Waals surface area contributed by atoms with Gasteiger partial charge in [-0.05, 0) is 37.7 Å². The van der Waals surface area contributed by atoms with Gasteiger partial charge in [-0.25, -0.2) is 0 Å². The molecule has 1 aromatic heterocycles. The first-order valence-corrected chi connectivity index (χ1v) is 7.03. The first-order valence-electron chi connectivity index (χ1n) is 7.03. The summed E-state index contributed by atoms with van der Waals surface area (Å²) in [5.41, 5.74) is 2.58. The molecule has 1 N–H and O–H groups in total. The molecule has 2 aromatic rings. The molecular weight excluding hydrogens is 293 g/mol. The maximum Gasteiger partial charge on any atom is 0.134 e. The lowest BCUT2D eigenvalue weighted by molar-refractivity contribution is 0.279. The lowest BCUT2D eigenvalue weighted by Crippen LogP contribution is -2.44. The Morgan fingerprint density at radius 2 is 2.05 bits per heavy atom. The van der Waals surface area contributed by atoms with Gasteiger partial charge in [0.25, 0.3) is 0 Å². The van der Waals surface area contributed by atoms with Crippen molar-refractivity contribution in [2.45, 2.75) is 44.2 Å². The summed E-state index contributed by atoms with van der Waals surface area (Å²) >= 11 is 0. The largest absolute Gasteiger partial charge is 0.464 e. The first kappa shape index (κ1) is 15.7. The van der Waals surface area contributed by atoms with E-state index in [1.54, 1.807) is 0 Å². The molecule has 20 heavy (non-hydrogen) atoms. The average Bonchev–Trinajstić information content (AvgIpc) is 2.91. The summed E-state index contributed by atoms with van der Waals surface area (Å²) in [5.74, 6) is 0.779. The zero-order chi connectivity index (χ0) is 12.2. The summed E-state index contributed by atoms with van der Waals surface area (Å²) < 4.78 is 5.74. The summed E-state index contributed by atoms with van der Waals surface area (Å²) in [6.45, 7) is 2.38. The van der Waals surface area contributed by atoms with E-state index in [2.05, 4.69) is 30.4 Å². The van der Waals surface area contributed by atoms with Crippen LogP contribution >= 0.6 is 24.8 Å². The summed E-state index contributed by atoms with van der Waals surface area (Å²) in [6.07, 6.45) is 7.15. The standard InChI is InChI=1S/C16H19NO.2ClH/c1-11-9-16(8-4-6-14(11)17-16)13-10-18-15-7-3-2-5-12(13)15;;/h2-3,5,7,10-11,14,17H,4,6,8-9H2,1H3;2*1H. The predicted octanol–water partition coefficient (Wildman–Crippen LogP) is 4.65. The van der Waals surface area contributed by atoms with Crippen molar-refractivity contribution in [1.82, 2.24) is 5.32 Å². The van der Waals surface area contributed by atoms with Gasteiger partial charge in [-0.2, -0.15) is 0 Å². The van der Waals surface area contributed by atoms with Crippen molar-refractivity contribution in [2.24, 2.45) is 5.92 Å². The van der Waals surface area contributed by atoms with Gasteiger partial charge in [0.05, 0.1) is 6.26 Å². The molecule has 0 spiro atoms. The van der Waals surface area contributed by atoms with Gasteiger partial charge in [0.15, 0.2) is 0 Å².